The molecular weight excluding hydrogens is 382 g/mol. The van der Waals surface area contributed by atoms with Gasteiger partial charge in [-0.05, 0) is 25.0 Å². The molecule has 1 aromatic carbocycles. The Hall–Kier alpha value is -2.72. The van der Waals surface area contributed by atoms with Gasteiger partial charge >= 0.3 is 12.0 Å². The molecule has 0 spiro atoms. The molecule has 11 heteroatoms. The van der Waals surface area contributed by atoms with Gasteiger partial charge in [0.2, 0.25) is 5.95 Å². The summed E-state index contributed by atoms with van der Waals surface area (Å²) in [6, 6.07) is 3.72. The molecule has 0 saturated heterocycles. The van der Waals surface area contributed by atoms with Crippen molar-refractivity contribution in [2.75, 3.05) is 12.4 Å². The van der Waals surface area contributed by atoms with Crippen molar-refractivity contribution in [3.8, 4) is 6.01 Å². The number of methoxy groups -OCH3 is 1. The number of fused-ring (bicyclic) bond motifs is 1. The lowest BCUT2D eigenvalue weighted by atomic mass is 10.1. The molecule has 0 bridgehead atoms. The van der Waals surface area contributed by atoms with E-state index in [9.17, 15) is 13.2 Å². The standard InChI is InChI=1S/C15H14ClN5O4S/c1-8-17-13(20-15(18-8)25-2)19-14(22)21-26(23,24)11-5-3-4-9-6-7-10(16)12(9)11/h3-5,7H,6H2,1-2H3,(H2,17,18,19,20,21,22). The van der Waals surface area contributed by atoms with Crippen LogP contribution in [0.5, 0.6) is 6.01 Å². The highest BCUT2D eigenvalue weighted by molar-refractivity contribution is 7.90. The second-order valence-corrected chi connectivity index (χ2v) is 7.36. The second kappa shape index (κ2) is 6.89. The summed E-state index contributed by atoms with van der Waals surface area (Å²) in [6.07, 6.45) is 2.25. The summed E-state index contributed by atoms with van der Waals surface area (Å²) >= 11 is 6.10. The van der Waals surface area contributed by atoms with Gasteiger partial charge < -0.3 is 4.74 Å². The van der Waals surface area contributed by atoms with Gasteiger partial charge in [-0.25, -0.2) is 17.9 Å². The van der Waals surface area contributed by atoms with Gasteiger partial charge in [-0.15, -0.1) is 0 Å². The van der Waals surface area contributed by atoms with Crippen LogP contribution in [0, 0.1) is 6.92 Å². The maximum absolute atomic E-state index is 12.6. The van der Waals surface area contributed by atoms with Crippen LogP contribution in [0.1, 0.15) is 17.0 Å². The maximum Gasteiger partial charge on any atom is 0.335 e. The Bertz CT molecular complexity index is 1020. The van der Waals surface area contributed by atoms with Crippen molar-refractivity contribution in [1.29, 1.82) is 0 Å². The number of carbonyl (C=O) groups excluding carboxylic acids is 1. The number of nitrogens with zero attached hydrogens (tertiary/aromatic N) is 3. The van der Waals surface area contributed by atoms with E-state index in [-0.39, 0.29) is 16.9 Å². The molecule has 2 N–H and O–H groups in total. The first-order chi connectivity index (χ1) is 12.3. The van der Waals surface area contributed by atoms with Gasteiger partial charge in [0.25, 0.3) is 10.0 Å². The normalized spacial score (nSPS) is 13.0. The molecule has 1 aliphatic carbocycles. The van der Waals surface area contributed by atoms with Crippen LogP contribution in [0.3, 0.4) is 0 Å². The number of sulfonamides is 1. The van der Waals surface area contributed by atoms with E-state index in [0.717, 1.165) is 5.56 Å². The SMILES string of the molecule is COc1nc(C)nc(NC(=O)NS(=O)(=O)c2cccc3c2C(Cl)=CC3)n1. The number of benzene rings is 1. The third-order valence-electron chi connectivity index (χ3n) is 3.50. The highest BCUT2D eigenvalue weighted by atomic mass is 35.5. The third-order valence-corrected chi connectivity index (χ3v) is 5.22. The molecule has 1 aliphatic rings. The molecule has 0 fully saturated rings. The minimum atomic E-state index is -4.15. The van der Waals surface area contributed by atoms with Crippen molar-refractivity contribution in [2.24, 2.45) is 0 Å². The summed E-state index contributed by atoms with van der Waals surface area (Å²) in [5.41, 5.74) is 1.17. The lowest BCUT2D eigenvalue weighted by Gasteiger charge is -2.12. The number of rotatable bonds is 4. The number of nitrogens with one attached hydrogen (secondary N) is 2. The second-order valence-electron chi connectivity index (χ2n) is 5.30. The zero-order valence-corrected chi connectivity index (χ0v) is 15.3. The van der Waals surface area contributed by atoms with E-state index >= 15 is 0 Å². The first-order valence-corrected chi connectivity index (χ1v) is 9.24. The third kappa shape index (κ3) is 3.60. The molecule has 2 amide bonds. The number of allylic oxidation sites excluding steroid dienone is 1. The van der Waals surface area contributed by atoms with E-state index in [2.05, 4.69) is 20.3 Å². The number of ether oxygens (including phenoxy) is 1. The number of hydrogen-bond acceptors (Lipinski definition) is 7. The Kier molecular flexibility index (Phi) is 4.79. The smallest absolute Gasteiger partial charge is 0.335 e. The molecule has 0 radical (unpaired) electrons. The minimum Gasteiger partial charge on any atom is -0.467 e. The Labute approximate surface area is 154 Å². The zero-order valence-electron chi connectivity index (χ0n) is 13.8. The van der Waals surface area contributed by atoms with Gasteiger partial charge in [0, 0.05) is 10.6 Å². The van der Waals surface area contributed by atoms with Crippen molar-refractivity contribution < 1.29 is 17.9 Å². The van der Waals surface area contributed by atoms with E-state index in [1.54, 1.807) is 25.1 Å². The Morgan fingerprint density at radius 1 is 1.27 bits per heavy atom. The Morgan fingerprint density at radius 2 is 2.04 bits per heavy atom. The maximum atomic E-state index is 12.6. The molecule has 1 aromatic heterocycles. The van der Waals surface area contributed by atoms with Gasteiger partial charge in [-0.2, -0.15) is 15.0 Å². The number of hydrogen-bond donors (Lipinski definition) is 2. The highest BCUT2D eigenvalue weighted by Crippen LogP contribution is 2.35. The fourth-order valence-electron chi connectivity index (χ4n) is 2.45. The predicted molar refractivity (Wildman–Crippen MR) is 94.4 cm³/mol. The monoisotopic (exact) mass is 395 g/mol. The number of anilines is 1. The molecule has 0 saturated carbocycles. The average molecular weight is 396 g/mol. The van der Waals surface area contributed by atoms with Crippen LogP contribution in [0.15, 0.2) is 29.2 Å². The molecule has 0 aliphatic heterocycles. The van der Waals surface area contributed by atoms with Crippen LogP contribution in [-0.2, 0) is 16.4 Å². The number of carbonyl (C=O) groups is 1. The van der Waals surface area contributed by atoms with Crippen LogP contribution in [0.4, 0.5) is 10.7 Å². The van der Waals surface area contributed by atoms with Crippen LogP contribution in [-0.4, -0.2) is 36.5 Å². The van der Waals surface area contributed by atoms with Gasteiger partial charge in [0.05, 0.1) is 12.0 Å². The lowest BCUT2D eigenvalue weighted by molar-refractivity contribution is 0.256. The molecule has 26 heavy (non-hydrogen) atoms. The van der Waals surface area contributed by atoms with Crippen LogP contribution in [0.25, 0.3) is 5.03 Å². The lowest BCUT2D eigenvalue weighted by Crippen LogP contribution is -2.35. The fraction of sp³-hybridized carbons (Fsp3) is 0.200. The van der Waals surface area contributed by atoms with Crippen molar-refractivity contribution in [2.45, 2.75) is 18.2 Å². The van der Waals surface area contributed by atoms with Crippen LogP contribution in [0.2, 0.25) is 0 Å². The van der Waals surface area contributed by atoms with Crippen molar-refractivity contribution >= 4 is 38.6 Å². The van der Waals surface area contributed by atoms with Crippen molar-refractivity contribution in [3.05, 3.63) is 41.2 Å². The summed E-state index contributed by atoms with van der Waals surface area (Å²) in [6.45, 7) is 1.58. The van der Waals surface area contributed by atoms with E-state index in [4.69, 9.17) is 16.3 Å². The average Bonchev–Trinajstić information content (AvgIpc) is 2.95. The van der Waals surface area contributed by atoms with Crippen LogP contribution < -0.4 is 14.8 Å². The number of halogens is 1. The molecule has 3 rings (SSSR count). The Morgan fingerprint density at radius 3 is 2.77 bits per heavy atom. The number of urea groups is 1. The van der Waals surface area contributed by atoms with E-state index in [1.165, 1.54) is 13.2 Å². The number of amides is 2. The van der Waals surface area contributed by atoms with Crippen molar-refractivity contribution in [3.63, 3.8) is 0 Å². The molecule has 136 valence electrons. The van der Waals surface area contributed by atoms with Gasteiger partial charge in [-0.3, -0.25) is 5.32 Å². The Balaban J connectivity index is 1.83. The molecule has 0 unspecified atom stereocenters. The minimum absolute atomic E-state index is 0.00606. The first-order valence-electron chi connectivity index (χ1n) is 7.38. The number of aryl methyl sites for hydroxylation is 1. The van der Waals surface area contributed by atoms with Gasteiger partial charge in [0.1, 0.15) is 5.82 Å². The topological polar surface area (TPSA) is 123 Å². The zero-order chi connectivity index (χ0) is 18.9. The summed E-state index contributed by atoms with van der Waals surface area (Å²) in [7, 11) is -2.80. The molecule has 0 atom stereocenters. The summed E-state index contributed by atoms with van der Waals surface area (Å²) < 4.78 is 32.0. The number of aromatic nitrogens is 3. The van der Waals surface area contributed by atoms with Crippen LogP contribution >= 0.6 is 11.6 Å². The fourth-order valence-corrected chi connectivity index (χ4v) is 3.98. The quantitative estimate of drug-likeness (QED) is 0.809. The predicted octanol–water partition coefficient (Wildman–Crippen LogP) is 1.83. The molecular formula is C15H14ClN5O4S. The van der Waals surface area contributed by atoms with Gasteiger partial charge in [-0.1, -0.05) is 29.8 Å². The molecule has 1 heterocycles. The van der Waals surface area contributed by atoms with E-state index in [1.807, 2.05) is 4.72 Å². The molecule has 9 nitrogen and oxygen atoms in total. The highest BCUT2D eigenvalue weighted by Gasteiger charge is 2.26. The van der Waals surface area contributed by atoms with E-state index in [0.29, 0.717) is 22.8 Å². The summed E-state index contributed by atoms with van der Waals surface area (Å²) in [4.78, 5) is 23.6. The first kappa shape index (κ1) is 18.1. The van der Waals surface area contributed by atoms with E-state index < -0.39 is 16.1 Å². The molecule has 2 aromatic rings. The summed E-state index contributed by atoms with van der Waals surface area (Å²) in [5.74, 6) is 0.158. The largest absolute Gasteiger partial charge is 0.467 e. The van der Waals surface area contributed by atoms with Crippen molar-refractivity contribution in [1.82, 2.24) is 19.7 Å². The summed E-state index contributed by atoms with van der Waals surface area (Å²) in [5, 5.41) is 2.58. The van der Waals surface area contributed by atoms with Gasteiger partial charge in [0.15, 0.2) is 0 Å².